The average molecular weight is 303 g/mol. The van der Waals surface area contributed by atoms with E-state index >= 15 is 0 Å². The molecule has 1 aromatic carbocycles. The standard InChI is InChI=1S/C13H12F3NO2S/c14-13(15,16)11-4-8(7-1-2-19-6-7)3-9-10(11)5-17(20)12(9)18/h3-4,7,20H,1-2,5-6H2. The topological polar surface area (TPSA) is 29.5 Å². The molecular weight excluding hydrogens is 291 g/mol. The number of carbonyl (C=O) groups excluding carboxylic acids is 1. The maximum atomic E-state index is 13.2. The number of hydrogen-bond donors (Lipinski definition) is 1. The van der Waals surface area contributed by atoms with Gasteiger partial charge >= 0.3 is 6.18 Å². The van der Waals surface area contributed by atoms with Crippen LogP contribution in [0, 0.1) is 0 Å². The summed E-state index contributed by atoms with van der Waals surface area (Å²) in [6, 6.07) is 2.71. The molecule has 0 bridgehead atoms. The summed E-state index contributed by atoms with van der Waals surface area (Å²) in [5, 5.41) is 0. The Labute approximate surface area is 119 Å². The van der Waals surface area contributed by atoms with Crippen molar-refractivity contribution in [2.24, 2.45) is 0 Å². The maximum Gasteiger partial charge on any atom is 0.416 e. The Balaban J connectivity index is 2.14. The molecule has 2 aliphatic rings. The van der Waals surface area contributed by atoms with Crippen molar-refractivity contribution >= 4 is 18.7 Å². The Hall–Kier alpha value is -1.21. The van der Waals surface area contributed by atoms with Gasteiger partial charge in [0.1, 0.15) is 0 Å². The van der Waals surface area contributed by atoms with Crippen LogP contribution in [0.3, 0.4) is 0 Å². The van der Waals surface area contributed by atoms with Crippen LogP contribution in [-0.4, -0.2) is 23.4 Å². The molecule has 1 unspecified atom stereocenters. The van der Waals surface area contributed by atoms with Crippen LogP contribution in [0.4, 0.5) is 13.2 Å². The molecule has 108 valence electrons. The monoisotopic (exact) mass is 303 g/mol. The molecule has 0 aliphatic carbocycles. The SMILES string of the molecule is O=C1c2cc(C3CCOC3)cc(C(F)(F)F)c2CN1S. The summed E-state index contributed by atoms with van der Waals surface area (Å²) < 4.78 is 45.8. The summed E-state index contributed by atoms with van der Waals surface area (Å²) in [7, 11) is 0. The summed E-state index contributed by atoms with van der Waals surface area (Å²) in [6.07, 6.45) is -3.80. The quantitative estimate of drug-likeness (QED) is 0.808. The summed E-state index contributed by atoms with van der Waals surface area (Å²) >= 11 is 3.91. The predicted octanol–water partition coefficient (Wildman–Crippen LogP) is 3.01. The molecule has 1 fully saturated rings. The Morgan fingerprint density at radius 2 is 2.10 bits per heavy atom. The lowest BCUT2D eigenvalue weighted by Crippen LogP contribution is -2.12. The second-order valence-electron chi connectivity index (χ2n) is 5.02. The van der Waals surface area contributed by atoms with Crippen molar-refractivity contribution in [1.82, 2.24) is 4.31 Å². The van der Waals surface area contributed by atoms with Gasteiger partial charge in [0.25, 0.3) is 5.91 Å². The largest absolute Gasteiger partial charge is 0.416 e. The lowest BCUT2D eigenvalue weighted by Gasteiger charge is -2.16. The molecule has 1 atom stereocenters. The van der Waals surface area contributed by atoms with Gasteiger partial charge < -0.3 is 4.74 Å². The van der Waals surface area contributed by atoms with Crippen LogP contribution >= 0.6 is 12.8 Å². The van der Waals surface area contributed by atoms with Gasteiger partial charge in [0, 0.05) is 18.1 Å². The van der Waals surface area contributed by atoms with E-state index in [0.29, 0.717) is 25.2 Å². The van der Waals surface area contributed by atoms with Gasteiger partial charge in [-0.25, -0.2) is 0 Å². The smallest absolute Gasteiger partial charge is 0.381 e. The first-order chi connectivity index (χ1) is 9.38. The summed E-state index contributed by atoms with van der Waals surface area (Å²) in [4.78, 5) is 11.9. The molecule has 1 saturated heterocycles. The van der Waals surface area contributed by atoms with Crippen LogP contribution in [0.25, 0.3) is 0 Å². The van der Waals surface area contributed by atoms with Crippen molar-refractivity contribution in [3.05, 3.63) is 34.4 Å². The Morgan fingerprint density at radius 1 is 1.35 bits per heavy atom. The van der Waals surface area contributed by atoms with E-state index in [4.69, 9.17) is 4.74 Å². The number of ether oxygens (including phenoxy) is 1. The van der Waals surface area contributed by atoms with Gasteiger partial charge in [-0.05, 0) is 29.7 Å². The molecule has 20 heavy (non-hydrogen) atoms. The Kier molecular flexibility index (Phi) is 3.21. The van der Waals surface area contributed by atoms with Crippen molar-refractivity contribution in [2.45, 2.75) is 25.1 Å². The zero-order valence-corrected chi connectivity index (χ0v) is 11.3. The van der Waals surface area contributed by atoms with E-state index in [1.54, 1.807) is 6.07 Å². The lowest BCUT2D eigenvalue weighted by atomic mass is 9.91. The van der Waals surface area contributed by atoms with Gasteiger partial charge in [0.2, 0.25) is 0 Å². The van der Waals surface area contributed by atoms with Crippen molar-refractivity contribution in [2.75, 3.05) is 13.2 Å². The highest BCUT2D eigenvalue weighted by Crippen LogP contribution is 2.40. The first-order valence-electron chi connectivity index (χ1n) is 6.20. The van der Waals surface area contributed by atoms with Gasteiger partial charge in [-0.1, -0.05) is 12.8 Å². The minimum Gasteiger partial charge on any atom is -0.381 e. The third kappa shape index (κ3) is 2.18. The average Bonchev–Trinajstić information content (AvgIpc) is 2.98. The minimum atomic E-state index is -4.47. The number of amides is 1. The van der Waals surface area contributed by atoms with Crippen LogP contribution in [-0.2, 0) is 17.5 Å². The number of carbonyl (C=O) groups is 1. The third-order valence-corrected chi connectivity index (χ3v) is 4.07. The molecule has 0 saturated carbocycles. The van der Waals surface area contributed by atoms with Crippen LogP contribution in [0.1, 0.15) is 39.4 Å². The van der Waals surface area contributed by atoms with Crippen LogP contribution in [0.2, 0.25) is 0 Å². The van der Waals surface area contributed by atoms with E-state index < -0.39 is 17.6 Å². The van der Waals surface area contributed by atoms with E-state index in [1.165, 1.54) is 0 Å². The van der Waals surface area contributed by atoms with Crippen molar-refractivity contribution in [3.63, 3.8) is 0 Å². The fourth-order valence-electron chi connectivity index (χ4n) is 2.70. The highest BCUT2D eigenvalue weighted by molar-refractivity contribution is 7.78. The molecule has 0 aromatic heterocycles. The number of thiol groups is 1. The van der Waals surface area contributed by atoms with Crippen LogP contribution < -0.4 is 0 Å². The Morgan fingerprint density at radius 3 is 2.70 bits per heavy atom. The predicted molar refractivity (Wildman–Crippen MR) is 68.5 cm³/mol. The summed E-state index contributed by atoms with van der Waals surface area (Å²) in [5.74, 6) is -0.558. The van der Waals surface area contributed by atoms with E-state index in [2.05, 4.69) is 12.8 Å². The van der Waals surface area contributed by atoms with Gasteiger partial charge in [0.15, 0.2) is 0 Å². The van der Waals surface area contributed by atoms with Crippen LogP contribution in [0.15, 0.2) is 12.1 Å². The van der Waals surface area contributed by atoms with Crippen LogP contribution in [0.5, 0.6) is 0 Å². The van der Waals surface area contributed by atoms with Crippen molar-refractivity contribution < 1.29 is 22.7 Å². The van der Waals surface area contributed by atoms with Gasteiger partial charge in [-0.3, -0.25) is 9.10 Å². The highest BCUT2D eigenvalue weighted by atomic mass is 32.1. The molecule has 2 heterocycles. The lowest BCUT2D eigenvalue weighted by molar-refractivity contribution is -0.138. The molecule has 1 amide bonds. The third-order valence-electron chi connectivity index (χ3n) is 3.75. The number of nitrogens with zero attached hydrogens (tertiary/aromatic N) is 1. The number of fused-ring (bicyclic) bond motifs is 1. The molecule has 3 nitrogen and oxygen atoms in total. The molecular formula is C13H12F3NO2S. The summed E-state index contributed by atoms with van der Waals surface area (Å²) in [6.45, 7) is 0.818. The Bertz CT molecular complexity index is 567. The molecule has 3 rings (SSSR count). The van der Waals surface area contributed by atoms with Gasteiger partial charge in [-0.2, -0.15) is 13.2 Å². The van der Waals surface area contributed by atoms with E-state index in [-0.39, 0.29) is 23.6 Å². The molecule has 0 spiro atoms. The van der Waals surface area contributed by atoms with Gasteiger partial charge in [-0.15, -0.1) is 0 Å². The number of alkyl halides is 3. The van der Waals surface area contributed by atoms with E-state index in [1.807, 2.05) is 0 Å². The second-order valence-corrected chi connectivity index (χ2v) is 5.50. The van der Waals surface area contributed by atoms with Crippen molar-refractivity contribution in [3.8, 4) is 0 Å². The first kappa shape index (κ1) is 13.8. The van der Waals surface area contributed by atoms with E-state index in [9.17, 15) is 18.0 Å². The minimum absolute atomic E-state index is 0.0140. The number of rotatable bonds is 1. The fraction of sp³-hybridized carbons (Fsp3) is 0.462. The molecule has 0 N–H and O–H groups in total. The second kappa shape index (κ2) is 4.66. The van der Waals surface area contributed by atoms with Gasteiger partial charge in [0.05, 0.1) is 18.7 Å². The first-order valence-corrected chi connectivity index (χ1v) is 6.60. The fourth-order valence-corrected chi connectivity index (χ4v) is 2.95. The molecule has 2 aliphatic heterocycles. The molecule has 1 aromatic rings. The summed E-state index contributed by atoms with van der Waals surface area (Å²) in [5.41, 5.74) is -0.0933. The van der Waals surface area contributed by atoms with E-state index in [0.717, 1.165) is 10.4 Å². The zero-order valence-electron chi connectivity index (χ0n) is 10.4. The normalized spacial score (nSPS) is 22.5. The molecule has 0 radical (unpaired) electrons. The maximum absolute atomic E-state index is 13.2. The number of benzene rings is 1. The number of halogens is 3. The molecule has 7 heteroatoms. The zero-order chi connectivity index (χ0) is 14.5. The van der Waals surface area contributed by atoms with Crippen molar-refractivity contribution in [1.29, 1.82) is 0 Å². The highest BCUT2D eigenvalue weighted by Gasteiger charge is 2.40. The number of hydrogen-bond acceptors (Lipinski definition) is 3.